The molecule has 0 aliphatic rings. The molecule has 170 valence electrons. The molecule has 0 saturated carbocycles. The Bertz CT molecular complexity index is 1910. The van der Waals surface area contributed by atoms with Crippen LogP contribution in [0, 0.1) is 0 Å². The lowest BCUT2D eigenvalue weighted by atomic mass is 10.0. The van der Waals surface area contributed by atoms with Crippen LogP contribution in [0.1, 0.15) is 0 Å². The highest BCUT2D eigenvalue weighted by atomic mass is 35.5. The molecule has 0 atom stereocenters. The third kappa shape index (κ3) is 3.63. The number of benzene rings is 5. The van der Waals surface area contributed by atoms with E-state index in [0.29, 0.717) is 11.6 Å². The minimum Gasteiger partial charge on any atom is -0.208 e. The third-order valence-electron chi connectivity index (χ3n) is 6.46. The van der Waals surface area contributed by atoms with Crippen LogP contribution in [0.3, 0.4) is 0 Å². The Hall–Kier alpha value is -4.12. The molecule has 0 unspecified atom stereocenters. The summed E-state index contributed by atoms with van der Waals surface area (Å²) in [4.78, 5) is 13.9. The van der Waals surface area contributed by atoms with E-state index in [4.69, 9.17) is 16.6 Å². The number of hydrogen-bond acceptors (Lipinski definition) is 4. The Kier molecular flexibility index (Phi) is 5.01. The summed E-state index contributed by atoms with van der Waals surface area (Å²) in [7, 11) is 0. The Morgan fingerprint density at radius 1 is 0.528 bits per heavy atom. The molecular weight excluding hydrogens is 482 g/mol. The van der Waals surface area contributed by atoms with Gasteiger partial charge in [0.05, 0.1) is 0 Å². The Balaban J connectivity index is 1.43. The maximum atomic E-state index is 6.46. The van der Waals surface area contributed by atoms with Crippen LogP contribution in [0.4, 0.5) is 0 Å². The molecule has 7 rings (SSSR count). The molecule has 2 heterocycles. The topological polar surface area (TPSA) is 38.7 Å². The molecule has 5 aromatic carbocycles. The average molecular weight is 500 g/mol. The normalized spacial score (nSPS) is 11.5. The van der Waals surface area contributed by atoms with E-state index in [1.807, 2.05) is 24.3 Å². The van der Waals surface area contributed by atoms with Gasteiger partial charge in [0.15, 0.2) is 11.6 Å². The number of halogens is 1. The van der Waals surface area contributed by atoms with Crippen molar-refractivity contribution in [3.8, 4) is 33.9 Å². The highest BCUT2D eigenvalue weighted by Gasteiger charge is 2.16. The Morgan fingerprint density at radius 2 is 1.31 bits per heavy atom. The highest BCUT2D eigenvalue weighted by molar-refractivity contribution is 7.25. The van der Waals surface area contributed by atoms with Crippen molar-refractivity contribution in [3.63, 3.8) is 0 Å². The standard InChI is InChI=1S/C31H18ClN3S/c32-31-34-29(23-14-13-20-9-4-5-10-21(20)17-23)33-30(35-31)24-11-6-12-27-28(24)25-18-22(15-16-26(25)36-27)19-7-2-1-3-8-19/h1-18H. The van der Waals surface area contributed by atoms with Crippen molar-refractivity contribution in [1.29, 1.82) is 0 Å². The second-order valence-electron chi connectivity index (χ2n) is 8.67. The number of rotatable bonds is 3. The molecule has 2 aromatic heterocycles. The van der Waals surface area contributed by atoms with Crippen LogP contribution in [-0.2, 0) is 0 Å². The van der Waals surface area contributed by atoms with Crippen LogP contribution in [0.25, 0.3) is 64.8 Å². The Morgan fingerprint density at radius 3 is 2.19 bits per heavy atom. The maximum absolute atomic E-state index is 6.46. The Labute approximate surface area is 216 Å². The quantitative estimate of drug-likeness (QED) is 0.243. The van der Waals surface area contributed by atoms with Crippen molar-refractivity contribution in [1.82, 2.24) is 15.0 Å². The highest BCUT2D eigenvalue weighted by Crippen LogP contribution is 2.41. The summed E-state index contributed by atoms with van der Waals surface area (Å²) >= 11 is 8.23. The maximum Gasteiger partial charge on any atom is 0.226 e. The van der Waals surface area contributed by atoms with Gasteiger partial charge in [-0.3, -0.25) is 0 Å². The predicted octanol–water partition coefficient (Wildman–Crippen LogP) is 9.05. The van der Waals surface area contributed by atoms with Gasteiger partial charge >= 0.3 is 0 Å². The van der Waals surface area contributed by atoms with Crippen LogP contribution in [0.5, 0.6) is 0 Å². The zero-order valence-electron chi connectivity index (χ0n) is 19.0. The molecule has 0 radical (unpaired) electrons. The van der Waals surface area contributed by atoms with Crippen molar-refractivity contribution in [2.75, 3.05) is 0 Å². The van der Waals surface area contributed by atoms with Crippen molar-refractivity contribution < 1.29 is 0 Å². The van der Waals surface area contributed by atoms with Crippen LogP contribution in [0.15, 0.2) is 109 Å². The molecule has 3 nitrogen and oxygen atoms in total. The lowest BCUT2D eigenvalue weighted by Gasteiger charge is -2.08. The van der Waals surface area contributed by atoms with Crippen LogP contribution >= 0.6 is 22.9 Å². The first-order chi connectivity index (χ1) is 17.7. The smallest absolute Gasteiger partial charge is 0.208 e. The van der Waals surface area contributed by atoms with E-state index < -0.39 is 0 Å². The molecule has 0 spiro atoms. The van der Waals surface area contributed by atoms with Crippen molar-refractivity contribution in [2.45, 2.75) is 0 Å². The first kappa shape index (κ1) is 21.2. The van der Waals surface area contributed by atoms with E-state index in [-0.39, 0.29) is 5.28 Å². The van der Waals surface area contributed by atoms with Gasteiger partial charge in [0.2, 0.25) is 5.28 Å². The van der Waals surface area contributed by atoms with Gasteiger partial charge in [-0.2, -0.15) is 9.97 Å². The van der Waals surface area contributed by atoms with Crippen molar-refractivity contribution >= 4 is 53.9 Å². The zero-order chi connectivity index (χ0) is 24.1. The summed E-state index contributed by atoms with van der Waals surface area (Å²) in [5.41, 5.74) is 4.24. The van der Waals surface area contributed by atoms with Gasteiger partial charge in [-0.25, -0.2) is 4.98 Å². The molecule has 0 saturated heterocycles. The lowest BCUT2D eigenvalue weighted by Crippen LogP contribution is -1.97. The van der Waals surface area contributed by atoms with E-state index in [1.165, 1.54) is 31.3 Å². The molecular formula is C31H18ClN3S. The summed E-state index contributed by atoms with van der Waals surface area (Å²) in [5.74, 6) is 1.14. The summed E-state index contributed by atoms with van der Waals surface area (Å²) < 4.78 is 2.42. The first-order valence-corrected chi connectivity index (χ1v) is 12.8. The summed E-state index contributed by atoms with van der Waals surface area (Å²) in [6.45, 7) is 0. The first-order valence-electron chi connectivity index (χ1n) is 11.6. The lowest BCUT2D eigenvalue weighted by molar-refractivity contribution is 1.07. The SMILES string of the molecule is Clc1nc(-c2ccc3ccccc3c2)nc(-c2cccc3sc4ccc(-c5ccccc5)cc4c23)n1. The van der Waals surface area contributed by atoms with Gasteiger partial charge in [0, 0.05) is 31.3 Å². The predicted molar refractivity (Wildman–Crippen MR) is 152 cm³/mol. The summed E-state index contributed by atoms with van der Waals surface area (Å²) in [5, 5.41) is 4.82. The molecule has 5 heteroatoms. The van der Waals surface area contributed by atoms with Crippen LogP contribution in [-0.4, -0.2) is 15.0 Å². The van der Waals surface area contributed by atoms with Gasteiger partial charge < -0.3 is 0 Å². The number of nitrogens with zero attached hydrogens (tertiary/aromatic N) is 3. The number of hydrogen-bond donors (Lipinski definition) is 0. The summed E-state index contributed by atoms with van der Waals surface area (Å²) in [6, 6.07) is 37.8. The zero-order valence-corrected chi connectivity index (χ0v) is 20.6. The van der Waals surface area contributed by atoms with E-state index in [2.05, 4.69) is 94.9 Å². The molecule has 0 aliphatic heterocycles. The fourth-order valence-corrected chi connectivity index (χ4v) is 6.02. The van der Waals surface area contributed by atoms with Crippen molar-refractivity contribution in [3.05, 3.63) is 114 Å². The second-order valence-corrected chi connectivity index (χ2v) is 10.1. The van der Waals surface area contributed by atoms with E-state index in [1.54, 1.807) is 11.3 Å². The molecule has 0 bridgehead atoms. The largest absolute Gasteiger partial charge is 0.226 e. The number of aromatic nitrogens is 3. The van der Waals surface area contributed by atoms with Crippen LogP contribution in [0.2, 0.25) is 5.28 Å². The van der Waals surface area contributed by atoms with Crippen LogP contribution < -0.4 is 0 Å². The number of fused-ring (bicyclic) bond motifs is 4. The minimum atomic E-state index is 0.185. The molecule has 0 aliphatic carbocycles. The van der Waals surface area contributed by atoms with E-state index >= 15 is 0 Å². The van der Waals surface area contributed by atoms with E-state index in [0.717, 1.165) is 21.9 Å². The second kappa shape index (κ2) is 8.52. The monoisotopic (exact) mass is 499 g/mol. The molecule has 0 N–H and O–H groups in total. The fourth-order valence-electron chi connectivity index (χ4n) is 4.75. The molecule has 36 heavy (non-hydrogen) atoms. The summed E-state index contributed by atoms with van der Waals surface area (Å²) in [6.07, 6.45) is 0. The molecule has 0 amide bonds. The number of thiophene rings is 1. The van der Waals surface area contributed by atoms with Crippen molar-refractivity contribution in [2.24, 2.45) is 0 Å². The third-order valence-corrected chi connectivity index (χ3v) is 7.76. The van der Waals surface area contributed by atoms with Gasteiger partial charge in [-0.15, -0.1) is 11.3 Å². The van der Waals surface area contributed by atoms with Gasteiger partial charge in [-0.1, -0.05) is 84.9 Å². The van der Waals surface area contributed by atoms with Gasteiger partial charge in [0.1, 0.15) is 0 Å². The molecule has 0 fully saturated rings. The van der Waals surface area contributed by atoms with Gasteiger partial charge in [-0.05, 0) is 57.8 Å². The fraction of sp³-hybridized carbons (Fsp3) is 0. The van der Waals surface area contributed by atoms with Gasteiger partial charge in [0.25, 0.3) is 0 Å². The molecule has 7 aromatic rings. The van der Waals surface area contributed by atoms with E-state index in [9.17, 15) is 0 Å². The minimum absolute atomic E-state index is 0.185. The average Bonchev–Trinajstić information content (AvgIpc) is 3.31.